The summed E-state index contributed by atoms with van der Waals surface area (Å²) in [6.45, 7) is 2.00. The summed E-state index contributed by atoms with van der Waals surface area (Å²) in [5.41, 5.74) is 6.76. The molecule has 0 spiro atoms. The minimum absolute atomic E-state index is 0.162. The second-order valence-corrected chi connectivity index (χ2v) is 5.15. The molecule has 0 aromatic heterocycles. The Morgan fingerprint density at radius 2 is 1.96 bits per heavy atom. The maximum absolute atomic E-state index is 13.2. The summed E-state index contributed by atoms with van der Waals surface area (Å²) in [5, 5.41) is 2.92. The molecule has 0 aliphatic carbocycles. The summed E-state index contributed by atoms with van der Waals surface area (Å²) in [6.07, 6.45) is -0.678. The van der Waals surface area contributed by atoms with Gasteiger partial charge in [-0.05, 0) is 31.7 Å². The molecule has 2 aromatic rings. The van der Waals surface area contributed by atoms with Crippen LogP contribution in [0, 0.1) is 5.82 Å². The fourth-order valence-electron chi connectivity index (χ4n) is 2.36. The standard InChI is InChI=1S/C18H21FN2O3/c1-3-23-18(22)16(21-2)17(12-7-5-4-6-8-12)24-15-10-9-13(19)11-14(15)20/h4-11,16-17,21H,3,20H2,1-2H3/t16-,17-/m1/s1. The molecule has 0 aliphatic rings. The van der Waals surface area contributed by atoms with E-state index in [1.807, 2.05) is 30.3 Å². The van der Waals surface area contributed by atoms with Crippen molar-refractivity contribution in [2.45, 2.75) is 19.1 Å². The van der Waals surface area contributed by atoms with Gasteiger partial charge in [-0.2, -0.15) is 0 Å². The number of nitrogens with two attached hydrogens (primary N) is 1. The van der Waals surface area contributed by atoms with Crippen LogP contribution in [0.5, 0.6) is 5.75 Å². The number of carbonyl (C=O) groups excluding carboxylic acids is 1. The predicted octanol–water partition coefficient (Wildman–Crippen LogP) is 2.68. The van der Waals surface area contributed by atoms with E-state index in [4.69, 9.17) is 15.2 Å². The molecule has 0 unspecified atom stereocenters. The molecular weight excluding hydrogens is 311 g/mol. The monoisotopic (exact) mass is 332 g/mol. The average Bonchev–Trinajstić information content (AvgIpc) is 2.57. The first-order chi connectivity index (χ1) is 11.6. The molecule has 2 rings (SSSR count). The topological polar surface area (TPSA) is 73.6 Å². The number of hydrogen-bond acceptors (Lipinski definition) is 5. The van der Waals surface area contributed by atoms with Gasteiger partial charge in [0.15, 0.2) is 0 Å². The molecule has 6 heteroatoms. The molecule has 0 saturated heterocycles. The number of esters is 1. The summed E-state index contributed by atoms with van der Waals surface area (Å²) in [4.78, 5) is 12.3. The van der Waals surface area contributed by atoms with Crippen LogP contribution in [0.25, 0.3) is 0 Å². The lowest BCUT2D eigenvalue weighted by Crippen LogP contribution is -2.43. The Labute approximate surface area is 140 Å². The van der Waals surface area contributed by atoms with Crippen LogP contribution >= 0.6 is 0 Å². The van der Waals surface area contributed by atoms with Crippen molar-refractivity contribution in [1.29, 1.82) is 0 Å². The average molecular weight is 332 g/mol. The first-order valence-corrected chi connectivity index (χ1v) is 7.67. The number of carbonyl (C=O) groups is 1. The number of anilines is 1. The maximum atomic E-state index is 13.2. The molecule has 5 nitrogen and oxygen atoms in total. The first-order valence-electron chi connectivity index (χ1n) is 7.67. The van der Waals surface area contributed by atoms with E-state index in [2.05, 4.69) is 5.32 Å². The lowest BCUT2D eigenvalue weighted by atomic mass is 10.0. The zero-order chi connectivity index (χ0) is 17.5. The molecule has 0 saturated carbocycles. The molecule has 128 valence electrons. The van der Waals surface area contributed by atoms with Crippen molar-refractivity contribution >= 4 is 11.7 Å². The zero-order valence-electron chi connectivity index (χ0n) is 13.7. The summed E-state index contributed by atoms with van der Waals surface area (Å²) < 4.78 is 24.3. The molecule has 0 aliphatic heterocycles. The molecule has 3 N–H and O–H groups in total. The van der Waals surface area contributed by atoms with Gasteiger partial charge in [-0.15, -0.1) is 0 Å². The van der Waals surface area contributed by atoms with Gasteiger partial charge in [-0.25, -0.2) is 4.39 Å². The summed E-state index contributed by atoms with van der Waals surface area (Å²) in [5.74, 6) is -0.587. The van der Waals surface area contributed by atoms with Gasteiger partial charge >= 0.3 is 5.97 Å². The Morgan fingerprint density at radius 1 is 1.25 bits per heavy atom. The molecule has 0 heterocycles. The number of halogens is 1. The van der Waals surface area contributed by atoms with E-state index in [0.29, 0.717) is 5.75 Å². The Morgan fingerprint density at radius 3 is 2.54 bits per heavy atom. The van der Waals surface area contributed by atoms with Crippen molar-refractivity contribution in [2.24, 2.45) is 0 Å². The largest absolute Gasteiger partial charge is 0.481 e. The highest BCUT2D eigenvalue weighted by Gasteiger charge is 2.31. The van der Waals surface area contributed by atoms with Gasteiger partial charge in [0.2, 0.25) is 0 Å². The number of likely N-dealkylation sites (N-methyl/N-ethyl adjacent to an activating group) is 1. The highest BCUT2D eigenvalue weighted by atomic mass is 19.1. The van der Waals surface area contributed by atoms with E-state index in [1.54, 1.807) is 14.0 Å². The number of benzene rings is 2. The molecule has 0 radical (unpaired) electrons. The van der Waals surface area contributed by atoms with Crippen LogP contribution in [-0.2, 0) is 9.53 Å². The quantitative estimate of drug-likeness (QED) is 0.602. The molecule has 2 atom stereocenters. The minimum Gasteiger partial charge on any atom is -0.481 e. The predicted molar refractivity (Wildman–Crippen MR) is 90.1 cm³/mol. The Bertz CT molecular complexity index is 679. The van der Waals surface area contributed by atoms with E-state index in [9.17, 15) is 9.18 Å². The van der Waals surface area contributed by atoms with Crippen LogP contribution in [0.1, 0.15) is 18.6 Å². The van der Waals surface area contributed by atoms with Gasteiger partial charge in [0.25, 0.3) is 0 Å². The number of ether oxygens (including phenoxy) is 2. The molecule has 24 heavy (non-hydrogen) atoms. The number of rotatable bonds is 7. The van der Waals surface area contributed by atoms with Gasteiger partial charge < -0.3 is 20.5 Å². The third kappa shape index (κ3) is 4.23. The summed E-state index contributed by atoms with van der Waals surface area (Å²) in [7, 11) is 1.65. The molecule has 2 aromatic carbocycles. The van der Waals surface area contributed by atoms with E-state index in [1.165, 1.54) is 18.2 Å². The zero-order valence-corrected chi connectivity index (χ0v) is 13.7. The Kier molecular flexibility index (Phi) is 6.14. The van der Waals surface area contributed by atoms with Crippen LogP contribution in [0.3, 0.4) is 0 Å². The first kappa shape index (κ1) is 17.7. The smallest absolute Gasteiger partial charge is 0.327 e. The number of nitrogen functional groups attached to an aromatic ring is 1. The van der Waals surface area contributed by atoms with Gasteiger partial charge in [-0.1, -0.05) is 30.3 Å². The van der Waals surface area contributed by atoms with Crippen LogP contribution in [0.15, 0.2) is 48.5 Å². The lowest BCUT2D eigenvalue weighted by Gasteiger charge is -2.27. The Balaban J connectivity index is 2.37. The van der Waals surface area contributed by atoms with Crippen molar-refractivity contribution in [3.05, 3.63) is 59.9 Å². The number of hydrogen-bond donors (Lipinski definition) is 2. The van der Waals surface area contributed by atoms with Crippen LogP contribution in [0.2, 0.25) is 0 Å². The third-order valence-corrected chi connectivity index (χ3v) is 3.51. The van der Waals surface area contributed by atoms with Crippen molar-refractivity contribution in [1.82, 2.24) is 5.32 Å². The van der Waals surface area contributed by atoms with Gasteiger partial charge in [0, 0.05) is 6.07 Å². The molecule has 0 amide bonds. The second kappa shape index (κ2) is 8.31. The third-order valence-electron chi connectivity index (χ3n) is 3.51. The fourth-order valence-corrected chi connectivity index (χ4v) is 2.36. The highest BCUT2D eigenvalue weighted by molar-refractivity contribution is 5.77. The van der Waals surface area contributed by atoms with Crippen molar-refractivity contribution in [3.63, 3.8) is 0 Å². The summed E-state index contributed by atoms with van der Waals surface area (Å²) in [6, 6.07) is 12.4. The van der Waals surface area contributed by atoms with Crippen molar-refractivity contribution < 1.29 is 18.7 Å². The van der Waals surface area contributed by atoms with E-state index in [0.717, 1.165) is 5.56 Å². The molecular formula is C18H21FN2O3. The second-order valence-electron chi connectivity index (χ2n) is 5.15. The van der Waals surface area contributed by atoms with Gasteiger partial charge in [0.05, 0.1) is 12.3 Å². The molecule has 0 bridgehead atoms. The van der Waals surface area contributed by atoms with Crippen LogP contribution in [-0.4, -0.2) is 25.7 Å². The number of nitrogens with one attached hydrogen (secondary N) is 1. The normalized spacial score (nSPS) is 13.1. The van der Waals surface area contributed by atoms with E-state index < -0.39 is 23.9 Å². The summed E-state index contributed by atoms with van der Waals surface area (Å²) >= 11 is 0. The van der Waals surface area contributed by atoms with Crippen molar-refractivity contribution in [2.75, 3.05) is 19.4 Å². The Hall–Kier alpha value is -2.60. The van der Waals surface area contributed by atoms with Gasteiger partial charge in [-0.3, -0.25) is 4.79 Å². The van der Waals surface area contributed by atoms with Crippen LogP contribution < -0.4 is 15.8 Å². The highest BCUT2D eigenvalue weighted by Crippen LogP contribution is 2.30. The SMILES string of the molecule is CCOC(=O)[C@H](NC)[C@H](Oc1ccc(F)cc1N)c1ccccc1. The minimum atomic E-state index is -0.739. The van der Waals surface area contributed by atoms with Crippen molar-refractivity contribution in [3.8, 4) is 5.75 Å². The lowest BCUT2D eigenvalue weighted by molar-refractivity contribution is -0.148. The van der Waals surface area contributed by atoms with Crippen LogP contribution in [0.4, 0.5) is 10.1 Å². The fraction of sp³-hybridized carbons (Fsp3) is 0.278. The molecule has 0 fully saturated rings. The van der Waals surface area contributed by atoms with E-state index >= 15 is 0 Å². The maximum Gasteiger partial charge on any atom is 0.327 e. The van der Waals surface area contributed by atoms with Gasteiger partial charge in [0.1, 0.15) is 23.7 Å². The van der Waals surface area contributed by atoms with E-state index in [-0.39, 0.29) is 12.3 Å².